The number of anilines is 1. The monoisotopic (exact) mass is 408 g/mol. The molecular formula is C20H29BrN2O2. The first-order valence-electron chi connectivity index (χ1n) is 9.15. The Hall–Kier alpha value is -1.36. The average molecular weight is 409 g/mol. The summed E-state index contributed by atoms with van der Waals surface area (Å²) in [4.78, 5) is 26.9. The number of halogens is 1. The number of amides is 2. The van der Waals surface area contributed by atoms with Gasteiger partial charge in [0.25, 0.3) is 0 Å². The molecule has 4 nitrogen and oxygen atoms in total. The fourth-order valence-electron chi connectivity index (χ4n) is 3.19. The smallest absolute Gasteiger partial charge is 0.229 e. The minimum Gasteiger partial charge on any atom is -0.355 e. The summed E-state index contributed by atoms with van der Waals surface area (Å²) in [6.07, 6.45) is 6.01. The second-order valence-corrected chi connectivity index (χ2v) is 8.71. The molecule has 1 saturated carbocycles. The van der Waals surface area contributed by atoms with Crippen LogP contribution in [0.1, 0.15) is 59.3 Å². The lowest BCUT2D eigenvalue weighted by Crippen LogP contribution is -2.43. The molecule has 1 aromatic carbocycles. The van der Waals surface area contributed by atoms with E-state index >= 15 is 0 Å². The zero-order valence-electron chi connectivity index (χ0n) is 15.5. The lowest BCUT2D eigenvalue weighted by molar-refractivity contribution is -0.128. The lowest BCUT2D eigenvalue weighted by Gasteiger charge is -2.34. The Morgan fingerprint density at radius 1 is 1.20 bits per heavy atom. The third kappa shape index (κ3) is 5.84. The summed E-state index contributed by atoms with van der Waals surface area (Å²) < 4.78 is 0.972. The summed E-state index contributed by atoms with van der Waals surface area (Å²) >= 11 is 3.50. The number of carbonyl (C=O) groups is 2. The molecule has 5 heteroatoms. The first kappa shape index (κ1) is 20.0. The molecule has 0 aliphatic heterocycles. The van der Waals surface area contributed by atoms with Crippen molar-refractivity contribution < 1.29 is 9.59 Å². The van der Waals surface area contributed by atoms with Crippen LogP contribution in [0.3, 0.4) is 0 Å². The second-order valence-electron chi connectivity index (χ2n) is 7.79. The van der Waals surface area contributed by atoms with Crippen molar-refractivity contribution in [3.63, 3.8) is 0 Å². The summed E-state index contributed by atoms with van der Waals surface area (Å²) in [5, 5.41) is 2.88. The number of rotatable bonds is 5. The molecule has 1 aliphatic carbocycles. The van der Waals surface area contributed by atoms with Crippen molar-refractivity contribution in [2.75, 3.05) is 11.4 Å². The van der Waals surface area contributed by atoms with Crippen LogP contribution in [0.25, 0.3) is 0 Å². The van der Waals surface area contributed by atoms with Crippen LogP contribution in [0, 0.1) is 5.41 Å². The summed E-state index contributed by atoms with van der Waals surface area (Å²) in [5.74, 6) is 0.0613. The summed E-state index contributed by atoms with van der Waals surface area (Å²) in [5.41, 5.74) is 0.504. The van der Waals surface area contributed by atoms with Crippen molar-refractivity contribution in [2.45, 2.75) is 65.3 Å². The number of carbonyl (C=O) groups excluding carboxylic acids is 2. The van der Waals surface area contributed by atoms with Gasteiger partial charge in [-0.1, -0.05) is 62.0 Å². The Balaban J connectivity index is 2.06. The van der Waals surface area contributed by atoms with Crippen LogP contribution in [0.2, 0.25) is 0 Å². The summed E-state index contributed by atoms with van der Waals surface area (Å²) in [6, 6.07) is 8.18. The summed E-state index contributed by atoms with van der Waals surface area (Å²) in [6.45, 7) is 6.01. The number of hydrogen-bond donors (Lipinski definition) is 1. The van der Waals surface area contributed by atoms with E-state index in [1.165, 1.54) is 19.3 Å². The molecule has 0 radical (unpaired) electrons. The van der Waals surface area contributed by atoms with Crippen LogP contribution in [0.15, 0.2) is 28.7 Å². The maximum absolute atomic E-state index is 12.9. The molecule has 0 unspecified atom stereocenters. The lowest BCUT2D eigenvalue weighted by atomic mass is 9.93. The third-order valence-corrected chi connectivity index (χ3v) is 5.09. The van der Waals surface area contributed by atoms with Crippen LogP contribution in [-0.2, 0) is 9.59 Å². The normalized spacial score (nSPS) is 15.7. The molecule has 1 aliphatic rings. The van der Waals surface area contributed by atoms with Crippen LogP contribution >= 0.6 is 15.9 Å². The molecule has 0 heterocycles. The van der Waals surface area contributed by atoms with Gasteiger partial charge in [-0.05, 0) is 31.0 Å². The molecule has 1 fully saturated rings. The third-order valence-electron chi connectivity index (χ3n) is 4.60. The summed E-state index contributed by atoms with van der Waals surface area (Å²) in [7, 11) is 0. The van der Waals surface area contributed by atoms with Crippen molar-refractivity contribution in [3.05, 3.63) is 28.7 Å². The second kappa shape index (κ2) is 8.84. The molecule has 0 bridgehead atoms. The SMILES string of the molecule is CC(C)(C)C(=O)NCCC(=O)N(c1cccc(Br)c1)C1CCCCC1. The fraction of sp³-hybridized carbons (Fsp3) is 0.600. The van der Waals surface area contributed by atoms with E-state index < -0.39 is 5.41 Å². The van der Waals surface area contributed by atoms with Crippen LogP contribution in [0.5, 0.6) is 0 Å². The van der Waals surface area contributed by atoms with Gasteiger partial charge in [0, 0.05) is 34.6 Å². The van der Waals surface area contributed by atoms with Crippen LogP contribution < -0.4 is 10.2 Å². The molecule has 2 rings (SSSR count). The maximum Gasteiger partial charge on any atom is 0.229 e. The highest BCUT2D eigenvalue weighted by atomic mass is 79.9. The van der Waals surface area contributed by atoms with E-state index in [9.17, 15) is 9.59 Å². The van der Waals surface area contributed by atoms with Gasteiger partial charge in [0.15, 0.2) is 0 Å². The zero-order chi connectivity index (χ0) is 18.4. The van der Waals surface area contributed by atoms with Crippen molar-refractivity contribution in [3.8, 4) is 0 Å². The minimum absolute atomic E-state index is 0.0213. The van der Waals surface area contributed by atoms with Crippen molar-refractivity contribution in [1.82, 2.24) is 5.32 Å². The molecule has 0 saturated heterocycles. The number of nitrogens with zero attached hydrogens (tertiary/aromatic N) is 1. The van der Waals surface area contributed by atoms with E-state index in [1.54, 1.807) is 0 Å². The van der Waals surface area contributed by atoms with Gasteiger partial charge < -0.3 is 10.2 Å². The quantitative estimate of drug-likeness (QED) is 0.769. The minimum atomic E-state index is -0.434. The highest BCUT2D eigenvalue weighted by Crippen LogP contribution is 2.29. The van der Waals surface area contributed by atoms with Crippen LogP contribution in [0.4, 0.5) is 5.69 Å². The zero-order valence-corrected chi connectivity index (χ0v) is 17.1. The molecular weight excluding hydrogens is 380 g/mol. The molecule has 1 N–H and O–H groups in total. The molecule has 25 heavy (non-hydrogen) atoms. The highest BCUT2D eigenvalue weighted by Gasteiger charge is 2.27. The molecule has 1 aromatic rings. The molecule has 0 aromatic heterocycles. The van der Waals surface area contributed by atoms with E-state index in [4.69, 9.17) is 0 Å². The Bertz CT molecular complexity index is 604. The van der Waals surface area contributed by atoms with Crippen LogP contribution in [-0.4, -0.2) is 24.4 Å². The number of nitrogens with one attached hydrogen (secondary N) is 1. The first-order chi connectivity index (χ1) is 11.8. The molecule has 2 amide bonds. The van der Waals surface area contributed by atoms with Gasteiger partial charge >= 0.3 is 0 Å². The van der Waals surface area contributed by atoms with Crippen molar-refractivity contribution in [2.24, 2.45) is 5.41 Å². The van der Waals surface area contributed by atoms with Gasteiger partial charge in [-0.15, -0.1) is 0 Å². The molecule has 138 valence electrons. The maximum atomic E-state index is 12.9. The standard InChI is InChI=1S/C20H29BrN2O2/c1-20(2,3)19(25)22-13-12-18(24)23(16-9-5-4-6-10-16)17-11-7-8-15(21)14-17/h7-8,11,14,16H,4-6,9-10,12-13H2,1-3H3,(H,22,25). The molecule has 0 atom stereocenters. The Kier molecular flexibility index (Phi) is 7.05. The number of benzene rings is 1. The van der Waals surface area contributed by atoms with Gasteiger partial charge in [-0.2, -0.15) is 0 Å². The Morgan fingerprint density at radius 2 is 1.88 bits per heavy atom. The van der Waals surface area contributed by atoms with E-state index in [0.29, 0.717) is 13.0 Å². The van der Waals surface area contributed by atoms with Gasteiger partial charge in [0.2, 0.25) is 11.8 Å². The van der Waals surface area contributed by atoms with E-state index in [1.807, 2.05) is 49.9 Å². The van der Waals surface area contributed by atoms with Crippen molar-refractivity contribution >= 4 is 33.4 Å². The van der Waals surface area contributed by atoms with E-state index in [2.05, 4.69) is 21.2 Å². The van der Waals surface area contributed by atoms with Gasteiger partial charge in [-0.25, -0.2) is 0 Å². The topological polar surface area (TPSA) is 49.4 Å². The fourth-order valence-corrected chi connectivity index (χ4v) is 3.58. The Labute approximate surface area is 159 Å². The van der Waals surface area contributed by atoms with E-state index in [0.717, 1.165) is 23.0 Å². The predicted molar refractivity (Wildman–Crippen MR) is 106 cm³/mol. The predicted octanol–water partition coefficient (Wildman–Crippen LogP) is 4.67. The van der Waals surface area contributed by atoms with Crippen molar-refractivity contribution in [1.29, 1.82) is 0 Å². The highest BCUT2D eigenvalue weighted by molar-refractivity contribution is 9.10. The largest absolute Gasteiger partial charge is 0.355 e. The van der Waals surface area contributed by atoms with E-state index in [-0.39, 0.29) is 17.9 Å². The molecule has 0 spiro atoms. The average Bonchev–Trinajstić information content (AvgIpc) is 2.55. The van der Waals surface area contributed by atoms with Gasteiger partial charge in [0.1, 0.15) is 0 Å². The first-order valence-corrected chi connectivity index (χ1v) is 9.94. The Morgan fingerprint density at radius 3 is 2.48 bits per heavy atom. The van der Waals surface area contributed by atoms with Gasteiger partial charge in [-0.3, -0.25) is 9.59 Å². The van der Waals surface area contributed by atoms with Gasteiger partial charge in [0.05, 0.1) is 0 Å². The number of hydrogen-bond acceptors (Lipinski definition) is 2.